The summed E-state index contributed by atoms with van der Waals surface area (Å²) in [4.78, 5) is 12.1. The Bertz CT molecular complexity index is 962. The molecule has 1 aromatic heterocycles. The van der Waals surface area contributed by atoms with Gasteiger partial charge in [-0.1, -0.05) is 44.0 Å². The second-order valence-corrected chi connectivity index (χ2v) is 7.54. The van der Waals surface area contributed by atoms with Gasteiger partial charge in [-0.3, -0.25) is 4.79 Å². The van der Waals surface area contributed by atoms with E-state index in [4.69, 9.17) is 9.15 Å². The fourth-order valence-electron chi connectivity index (χ4n) is 2.48. The molecule has 6 heteroatoms. The van der Waals surface area contributed by atoms with Crippen molar-refractivity contribution >= 4 is 43.8 Å². The number of rotatable bonds is 6. The van der Waals surface area contributed by atoms with E-state index in [9.17, 15) is 4.79 Å². The summed E-state index contributed by atoms with van der Waals surface area (Å²) in [5, 5.41) is 2.82. The molecule has 1 amide bonds. The van der Waals surface area contributed by atoms with Gasteiger partial charge < -0.3 is 14.5 Å². The van der Waals surface area contributed by atoms with E-state index >= 15 is 0 Å². The van der Waals surface area contributed by atoms with Crippen molar-refractivity contribution in [1.82, 2.24) is 5.32 Å². The Hall–Kier alpha value is -2.31. The molecule has 0 aliphatic heterocycles. The van der Waals surface area contributed by atoms with E-state index in [1.807, 2.05) is 54.6 Å². The molecule has 0 fully saturated rings. The number of hydrogen-bond donors (Lipinski definition) is 1. The van der Waals surface area contributed by atoms with Gasteiger partial charge in [0, 0.05) is 26.1 Å². The van der Waals surface area contributed by atoms with Gasteiger partial charge in [-0.25, -0.2) is 0 Å². The first kappa shape index (κ1) is 19.5. The Morgan fingerprint density at radius 3 is 2.56 bits per heavy atom. The Morgan fingerprint density at radius 2 is 1.81 bits per heavy atom. The second kappa shape index (κ2) is 9.06. The van der Waals surface area contributed by atoms with Gasteiger partial charge >= 0.3 is 0 Å². The van der Waals surface area contributed by atoms with Crippen LogP contribution in [0.15, 0.2) is 74.0 Å². The van der Waals surface area contributed by atoms with Crippen molar-refractivity contribution in [2.24, 2.45) is 0 Å². The van der Waals surface area contributed by atoms with Crippen molar-refractivity contribution in [3.8, 4) is 17.1 Å². The van der Waals surface area contributed by atoms with Crippen LogP contribution in [0, 0.1) is 0 Å². The van der Waals surface area contributed by atoms with E-state index in [2.05, 4.69) is 37.2 Å². The van der Waals surface area contributed by atoms with Gasteiger partial charge in [0.15, 0.2) is 0 Å². The summed E-state index contributed by atoms with van der Waals surface area (Å²) < 4.78 is 13.0. The quantitative estimate of drug-likeness (QED) is 0.443. The minimum atomic E-state index is -0.210. The van der Waals surface area contributed by atoms with Crippen LogP contribution >= 0.6 is 31.9 Å². The van der Waals surface area contributed by atoms with Crippen LogP contribution in [0.5, 0.6) is 5.75 Å². The average molecular weight is 491 g/mol. The monoisotopic (exact) mass is 489 g/mol. The standard InChI is InChI=1S/C21H17Br2NO3/c1-26-19-9-7-17(23)12-15(19)4-11-21(25)24-13-18-8-10-20(27-18)14-2-5-16(22)6-3-14/h2-12H,13H2,1H3,(H,24,25)/b11-4+. The minimum Gasteiger partial charge on any atom is -0.496 e. The van der Waals surface area contributed by atoms with Crippen molar-refractivity contribution < 1.29 is 13.9 Å². The van der Waals surface area contributed by atoms with Gasteiger partial charge in [-0.05, 0) is 48.5 Å². The highest BCUT2D eigenvalue weighted by molar-refractivity contribution is 9.10. The third-order valence-electron chi connectivity index (χ3n) is 3.83. The van der Waals surface area contributed by atoms with Gasteiger partial charge in [-0.2, -0.15) is 0 Å². The molecule has 3 aromatic rings. The summed E-state index contributed by atoms with van der Waals surface area (Å²) >= 11 is 6.83. The van der Waals surface area contributed by atoms with Crippen LogP contribution in [-0.4, -0.2) is 13.0 Å². The molecule has 0 radical (unpaired) electrons. The highest BCUT2D eigenvalue weighted by atomic mass is 79.9. The molecule has 0 unspecified atom stereocenters. The topological polar surface area (TPSA) is 51.5 Å². The highest BCUT2D eigenvalue weighted by Gasteiger charge is 2.06. The van der Waals surface area contributed by atoms with Crippen LogP contribution in [-0.2, 0) is 11.3 Å². The number of ether oxygens (including phenoxy) is 1. The van der Waals surface area contributed by atoms with Gasteiger partial charge in [0.1, 0.15) is 17.3 Å². The van der Waals surface area contributed by atoms with Gasteiger partial charge in [0.05, 0.1) is 13.7 Å². The van der Waals surface area contributed by atoms with Crippen LogP contribution < -0.4 is 10.1 Å². The molecule has 0 aliphatic rings. The Morgan fingerprint density at radius 1 is 1.07 bits per heavy atom. The first-order valence-corrected chi connectivity index (χ1v) is 9.78. The van der Waals surface area contributed by atoms with Crippen LogP contribution in [0.3, 0.4) is 0 Å². The van der Waals surface area contributed by atoms with E-state index < -0.39 is 0 Å². The zero-order valence-corrected chi connectivity index (χ0v) is 17.7. The van der Waals surface area contributed by atoms with Crippen molar-refractivity contribution in [2.75, 3.05) is 7.11 Å². The molecule has 1 N–H and O–H groups in total. The number of hydrogen-bond acceptors (Lipinski definition) is 3. The van der Waals surface area contributed by atoms with Crippen LogP contribution in [0.4, 0.5) is 0 Å². The first-order chi connectivity index (χ1) is 13.0. The number of methoxy groups -OCH3 is 1. The summed E-state index contributed by atoms with van der Waals surface area (Å²) in [7, 11) is 1.60. The van der Waals surface area contributed by atoms with Gasteiger partial charge in [0.2, 0.25) is 5.91 Å². The van der Waals surface area contributed by atoms with Crippen molar-refractivity contribution in [1.29, 1.82) is 0 Å². The number of carbonyl (C=O) groups excluding carboxylic acids is 1. The predicted molar refractivity (Wildman–Crippen MR) is 113 cm³/mol. The molecule has 0 bridgehead atoms. The number of nitrogens with one attached hydrogen (secondary N) is 1. The lowest BCUT2D eigenvalue weighted by atomic mass is 10.2. The summed E-state index contributed by atoms with van der Waals surface area (Å²) in [6, 6.07) is 17.2. The fourth-order valence-corrected chi connectivity index (χ4v) is 3.12. The largest absolute Gasteiger partial charge is 0.496 e. The molecule has 27 heavy (non-hydrogen) atoms. The Balaban J connectivity index is 1.60. The molecule has 0 saturated heterocycles. The normalized spacial score (nSPS) is 10.9. The molecular weight excluding hydrogens is 474 g/mol. The maximum Gasteiger partial charge on any atom is 0.244 e. The molecule has 4 nitrogen and oxygen atoms in total. The maximum atomic E-state index is 12.1. The first-order valence-electron chi connectivity index (χ1n) is 8.19. The zero-order chi connectivity index (χ0) is 19.2. The third-order valence-corrected chi connectivity index (χ3v) is 4.86. The number of carbonyl (C=O) groups is 1. The average Bonchev–Trinajstić information content (AvgIpc) is 3.14. The number of benzene rings is 2. The van der Waals surface area contributed by atoms with E-state index in [1.54, 1.807) is 13.2 Å². The van der Waals surface area contributed by atoms with Crippen LogP contribution in [0.1, 0.15) is 11.3 Å². The minimum absolute atomic E-state index is 0.210. The molecule has 3 rings (SSSR count). The molecule has 1 heterocycles. The van der Waals surface area contributed by atoms with E-state index in [-0.39, 0.29) is 5.91 Å². The summed E-state index contributed by atoms with van der Waals surface area (Å²) in [5.41, 5.74) is 1.80. The van der Waals surface area contributed by atoms with Crippen molar-refractivity contribution in [3.63, 3.8) is 0 Å². The van der Waals surface area contributed by atoms with Gasteiger partial charge in [0.25, 0.3) is 0 Å². The lowest BCUT2D eigenvalue weighted by Gasteiger charge is -2.05. The SMILES string of the molecule is COc1ccc(Br)cc1/C=C/C(=O)NCc1ccc(-c2ccc(Br)cc2)o1. The smallest absolute Gasteiger partial charge is 0.244 e. The molecule has 0 spiro atoms. The summed E-state index contributed by atoms with van der Waals surface area (Å²) in [6.45, 7) is 0.315. The van der Waals surface area contributed by atoms with E-state index in [0.29, 0.717) is 18.1 Å². The Kier molecular flexibility index (Phi) is 6.53. The molecule has 0 aliphatic carbocycles. The third kappa shape index (κ3) is 5.34. The van der Waals surface area contributed by atoms with Crippen molar-refractivity contribution in [3.05, 3.63) is 80.9 Å². The molecule has 2 aromatic carbocycles. The second-order valence-electron chi connectivity index (χ2n) is 5.71. The van der Waals surface area contributed by atoms with Crippen molar-refractivity contribution in [2.45, 2.75) is 6.54 Å². The molecular formula is C21H17Br2NO3. The van der Waals surface area contributed by atoms with E-state index in [1.165, 1.54) is 6.08 Å². The van der Waals surface area contributed by atoms with E-state index in [0.717, 1.165) is 25.8 Å². The van der Waals surface area contributed by atoms with Crippen LogP contribution in [0.25, 0.3) is 17.4 Å². The number of amides is 1. The summed E-state index contributed by atoms with van der Waals surface area (Å²) in [6.07, 6.45) is 3.19. The maximum absolute atomic E-state index is 12.1. The van der Waals surface area contributed by atoms with Crippen LogP contribution in [0.2, 0.25) is 0 Å². The predicted octanol–water partition coefficient (Wildman–Crippen LogP) is 5.81. The molecule has 138 valence electrons. The lowest BCUT2D eigenvalue weighted by molar-refractivity contribution is -0.116. The summed E-state index contributed by atoms with van der Waals surface area (Å²) in [5.74, 6) is 1.95. The zero-order valence-electron chi connectivity index (χ0n) is 14.5. The molecule has 0 saturated carbocycles. The lowest BCUT2D eigenvalue weighted by Crippen LogP contribution is -2.19. The number of halogens is 2. The number of furan rings is 1. The fraction of sp³-hybridized carbons (Fsp3) is 0.0952. The highest BCUT2D eigenvalue weighted by Crippen LogP contribution is 2.25. The molecule has 0 atom stereocenters. The van der Waals surface area contributed by atoms with Gasteiger partial charge in [-0.15, -0.1) is 0 Å². The Labute approximate surface area is 174 Å².